The maximum Gasteiger partial charge on any atom is 0.280 e. The highest BCUT2D eigenvalue weighted by Crippen LogP contribution is 2.15. The maximum atomic E-state index is 11.3. The zero-order valence-corrected chi connectivity index (χ0v) is 8.10. The van der Waals surface area contributed by atoms with E-state index in [1.165, 1.54) is 0 Å². The summed E-state index contributed by atoms with van der Waals surface area (Å²) < 4.78 is 0. The predicted octanol–water partition coefficient (Wildman–Crippen LogP) is -1.13. The van der Waals surface area contributed by atoms with Gasteiger partial charge in [-0.25, -0.2) is 4.98 Å². The second kappa shape index (κ2) is 4.86. The zero-order chi connectivity index (χ0) is 12.1. The number of rotatable bonds is 2. The van der Waals surface area contributed by atoms with Gasteiger partial charge in [0.1, 0.15) is 11.8 Å². The molecule has 1 aromatic rings. The van der Waals surface area contributed by atoms with Gasteiger partial charge in [-0.3, -0.25) is 14.9 Å². The molecule has 0 fully saturated rings. The summed E-state index contributed by atoms with van der Waals surface area (Å²) in [6.07, 6.45) is 1.11. The molecule has 0 bridgehead atoms. The van der Waals surface area contributed by atoms with E-state index in [-0.39, 0.29) is 17.8 Å². The highest BCUT2D eigenvalue weighted by Gasteiger charge is 2.15. The summed E-state index contributed by atoms with van der Waals surface area (Å²) in [4.78, 5) is 25.7. The van der Waals surface area contributed by atoms with E-state index in [1.54, 1.807) is 6.07 Å². The average molecular weight is 220 g/mol. The molecule has 0 aromatic carbocycles. The van der Waals surface area contributed by atoms with Crippen LogP contribution in [0.4, 0.5) is 0 Å². The second-order valence-electron chi connectivity index (χ2n) is 2.78. The Kier molecular flexibility index (Phi) is 3.53. The minimum atomic E-state index is -0.863. The number of aromatic hydroxyl groups is 1. The van der Waals surface area contributed by atoms with E-state index in [0.717, 1.165) is 12.3 Å². The van der Waals surface area contributed by atoms with Crippen LogP contribution in [0.25, 0.3) is 0 Å². The number of imide groups is 1. The van der Waals surface area contributed by atoms with Crippen molar-refractivity contribution in [3.8, 4) is 11.8 Å². The SMILES string of the molecule is N#Cc1cnc(C(=O)NC(=O)CN)c(O)c1. The van der Waals surface area contributed by atoms with Gasteiger partial charge in [0.2, 0.25) is 5.91 Å². The molecule has 2 amide bonds. The lowest BCUT2D eigenvalue weighted by Crippen LogP contribution is -2.35. The summed E-state index contributed by atoms with van der Waals surface area (Å²) in [6.45, 7) is -0.344. The van der Waals surface area contributed by atoms with Crippen LogP contribution in [-0.4, -0.2) is 28.4 Å². The first-order chi connectivity index (χ1) is 7.58. The monoisotopic (exact) mass is 220 g/mol. The molecule has 1 heterocycles. The van der Waals surface area contributed by atoms with E-state index in [2.05, 4.69) is 4.98 Å². The summed E-state index contributed by atoms with van der Waals surface area (Å²) in [5.41, 5.74) is 4.77. The van der Waals surface area contributed by atoms with Gasteiger partial charge >= 0.3 is 0 Å². The lowest BCUT2D eigenvalue weighted by atomic mass is 10.2. The minimum absolute atomic E-state index is 0.110. The zero-order valence-electron chi connectivity index (χ0n) is 8.10. The number of nitrogens with one attached hydrogen (secondary N) is 1. The molecule has 82 valence electrons. The molecule has 7 heteroatoms. The number of pyridine rings is 1. The van der Waals surface area contributed by atoms with E-state index in [9.17, 15) is 14.7 Å². The molecule has 0 unspecified atom stereocenters. The highest BCUT2D eigenvalue weighted by molar-refractivity contribution is 6.05. The van der Waals surface area contributed by atoms with Gasteiger partial charge in [0.05, 0.1) is 12.1 Å². The van der Waals surface area contributed by atoms with Crippen LogP contribution < -0.4 is 11.1 Å². The predicted molar refractivity (Wildman–Crippen MR) is 52.1 cm³/mol. The summed E-state index contributed by atoms with van der Waals surface area (Å²) in [5, 5.41) is 19.8. The van der Waals surface area contributed by atoms with Gasteiger partial charge < -0.3 is 10.8 Å². The van der Waals surface area contributed by atoms with Crippen molar-refractivity contribution >= 4 is 11.8 Å². The van der Waals surface area contributed by atoms with Crippen molar-refractivity contribution in [1.29, 1.82) is 5.26 Å². The van der Waals surface area contributed by atoms with Crippen LogP contribution in [-0.2, 0) is 4.79 Å². The van der Waals surface area contributed by atoms with Crippen molar-refractivity contribution in [3.63, 3.8) is 0 Å². The van der Waals surface area contributed by atoms with Gasteiger partial charge in [-0.05, 0) is 0 Å². The second-order valence-corrected chi connectivity index (χ2v) is 2.78. The Morgan fingerprint density at radius 2 is 2.31 bits per heavy atom. The first-order valence-corrected chi connectivity index (χ1v) is 4.22. The van der Waals surface area contributed by atoms with Crippen molar-refractivity contribution in [3.05, 3.63) is 23.5 Å². The fourth-order valence-corrected chi connectivity index (χ4v) is 0.926. The Hall–Kier alpha value is -2.46. The van der Waals surface area contributed by atoms with Crippen LogP contribution in [0, 0.1) is 11.3 Å². The third-order valence-corrected chi connectivity index (χ3v) is 1.65. The molecule has 0 saturated carbocycles. The highest BCUT2D eigenvalue weighted by atomic mass is 16.3. The van der Waals surface area contributed by atoms with Gasteiger partial charge in [0.25, 0.3) is 5.91 Å². The van der Waals surface area contributed by atoms with Gasteiger partial charge in [-0.15, -0.1) is 0 Å². The lowest BCUT2D eigenvalue weighted by molar-refractivity contribution is -0.118. The summed E-state index contributed by atoms with van der Waals surface area (Å²) in [6, 6.07) is 2.82. The molecule has 7 nitrogen and oxygen atoms in total. The standard InChI is InChI=1S/C9H8N4O3/c10-2-5-1-6(14)8(12-4-5)9(16)13-7(15)3-11/h1,4,14H,3,11H2,(H,13,15,16). The number of carbonyl (C=O) groups excluding carboxylic acids is 2. The van der Waals surface area contributed by atoms with Crippen molar-refractivity contribution in [2.75, 3.05) is 6.54 Å². The summed E-state index contributed by atoms with van der Waals surface area (Å²) >= 11 is 0. The van der Waals surface area contributed by atoms with Crippen LogP contribution in [0.15, 0.2) is 12.3 Å². The van der Waals surface area contributed by atoms with Crippen molar-refractivity contribution in [2.24, 2.45) is 5.73 Å². The average Bonchev–Trinajstić information content (AvgIpc) is 2.28. The van der Waals surface area contributed by atoms with Gasteiger partial charge in [-0.2, -0.15) is 5.26 Å². The van der Waals surface area contributed by atoms with Crippen LogP contribution in [0.1, 0.15) is 16.1 Å². The first kappa shape index (κ1) is 11.6. The molecular formula is C9H8N4O3. The van der Waals surface area contributed by atoms with Crippen molar-refractivity contribution in [2.45, 2.75) is 0 Å². The Bertz CT molecular complexity index is 478. The number of hydrogen-bond donors (Lipinski definition) is 3. The van der Waals surface area contributed by atoms with Crippen LogP contribution >= 0.6 is 0 Å². The number of nitrogens with two attached hydrogens (primary N) is 1. The van der Waals surface area contributed by atoms with Gasteiger partial charge in [0, 0.05) is 12.3 Å². The lowest BCUT2D eigenvalue weighted by Gasteiger charge is -2.03. The number of hydrogen-bond acceptors (Lipinski definition) is 6. The van der Waals surface area contributed by atoms with Crippen molar-refractivity contribution in [1.82, 2.24) is 10.3 Å². The van der Waals surface area contributed by atoms with E-state index in [4.69, 9.17) is 11.0 Å². The molecule has 0 saturated heterocycles. The third-order valence-electron chi connectivity index (χ3n) is 1.65. The minimum Gasteiger partial charge on any atom is -0.505 e. The fourth-order valence-electron chi connectivity index (χ4n) is 0.926. The molecule has 0 radical (unpaired) electrons. The number of nitriles is 1. The molecule has 16 heavy (non-hydrogen) atoms. The molecule has 4 N–H and O–H groups in total. The largest absolute Gasteiger partial charge is 0.505 e. The number of aromatic nitrogens is 1. The third kappa shape index (κ3) is 2.52. The Morgan fingerprint density at radius 1 is 1.62 bits per heavy atom. The molecule has 1 aromatic heterocycles. The Balaban J connectivity index is 2.93. The first-order valence-electron chi connectivity index (χ1n) is 4.22. The normalized spacial score (nSPS) is 9.25. The topological polar surface area (TPSA) is 129 Å². The van der Waals surface area contributed by atoms with E-state index < -0.39 is 17.6 Å². The molecule has 0 aliphatic carbocycles. The van der Waals surface area contributed by atoms with E-state index >= 15 is 0 Å². The molecule has 0 aliphatic heterocycles. The molecular weight excluding hydrogens is 212 g/mol. The van der Waals surface area contributed by atoms with Gasteiger partial charge in [0.15, 0.2) is 5.69 Å². The molecule has 0 atom stereocenters. The molecule has 0 spiro atoms. The summed E-state index contributed by atoms with van der Waals surface area (Å²) in [5.74, 6) is -2.02. The van der Waals surface area contributed by atoms with Crippen LogP contribution in [0.2, 0.25) is 0 Å². The Morgan fingerprint density at radius 3 is 2.81 bits per heavy atom. The molecule has 1 rings (SSSR count). The summed E-state index contributed by atoms with van der Waals surface area (Å²) in [7, 11) is 0. The number of amides is 2. The van der Waals surface area contributed by atoms with Crippen molar-refractivity contribution < 1.29 is 14.7 Å². The van der Waals surface area contributed by atoms with Crippen LogP contribution in [0.3, 0.4) is 0 Å². The Labute approximate surface area is 90.5 Å². The smallest absolute Gasteiger partial charge is 0.280 e. The maximum absolute atomic E-state index is 11.3. The number of nitrogens with zero attached hydrogens (tertiary/aromatic N) is 2. The molecule has 0 aliphatic rings. The number of carbonyl (C=O) groups is 2. The quantitative estimate of drug-likeness (QED) is 0.578. The van der Waals surface area contributed by atoms with E-state index in [0.29, 0.717) is 0 Å². The van der Waals surface area contributed by atoms with E-state index in [1.807, 2.05) is 5.32 Å². The fraction of sp³-hybridized carbons (Fsp3) is 0.111. The van der Waals surface area contributed by atoms with Gasteiger partial charge in [-0.1, -0.05) is 0 Å². The van der Waals surface area contributed by atoms with Crippen LogP contribution in [0.5, 0.6) is 5.75 Å².